The molecule has 3 N–H and O–H groups in total. The van der Waals surface area contributed by atoms with Crippen molar-refractivity contribution in [3.8, 4) is 0 Å². The molecule has 1 aromatic rings. The SMILES string of the molecule is CCN(CC(=O)NC)S(=O)(=O)c1c(N)cc(Cl)cc1Cl. The summed E-state index contributed by atoms with van der Waals surface area (Å²) >= 11 is 11.7. The molecule has 0 saturated carbocycles. The van der Waals surface area contributed by atoms with Gasteiger partial charge in [0.05, 0.1) is 17.3 Å². The van der Waals surface area contributed by atoms with E-state index in [0.29, 0.717) is 0 Å². The number of benzene rings is 1. The Labute approximate surface area is 127 Å². The molecule has 0 aliphatic carbocycles. The lowest BCUT2D eigenvalue weighted by atomic mass is 10.3. The molecule has 1 rings (SSSR count). The average Bonchev–Trinajstić information content (AvgIpc) is 2.33. The number of rotatable bonds is 5. The summed E-state index contributed by atoms with van der Waals surface area (Å²) in [6.07, 6.45) is 0. The summed E-state index contributed by atoms with van der Waals surface area (Å²) in [7, 11) is -2.55. The minimum absolute atomic E-state index is 0.0575. The number of carbonyl (C=O) groups is 1. The number of sulfonamides is 1. The van der Waals surface area contributed by atoms with Gasteiger partial charge in [-0.2, -0.15) is 4.31 Å². The van der Waals surface area contributed by atoms with Gasteiger partial charge in [0.15, 0.2) is 0 Å². The smallest absolute Gasteiger partial charge is 0.247 e. The van der Waals surface area contributed by atoms with Gasteiger partial charge in [0, 0.05) is 18.6 Å². The first-order valence-electron chi connectivity index (χ1n) is 5.69. The van der Waals surface area contributed by atoms with Gasteiger partial charge in [-0.3, -0.25) is 4.79 Å². The van der Waals surface area contributed by atoms with E-state index in [1.54, 1.807) is 6.92 Å². The molecule has 0 aliphatic heterocycles. The first kappa shape index (κ1) is 17.0. The number of nitrogens with zero attached hydrogens (tertiary/aromatic N) is 1. The molecule has 0 aliphatic rings. The van der Waals surface area contributed by atoms with E-state index < -0.39 is 15.9 Å². The largest absolute Gasteiger partial charge is 0.398 e. The first-order valence-corrected chi connectivity index (χ1v) is 7.88. The number of nitrogens with two attached hydrogens (primary N) is 1. The van der Waals surface area contributed by atoms with Crippen LogP contribution in [0, 0.1) is 0 Å². The van der Waals surface area contributed by atoms with Crippen LogP contribution in [0.5, 0.6) is 0 Å². The third-order valence-corrected chi connectivity index (χ3v) is 5.25. The van der Waals surface area contributed by atoms with E-state index in [4.69, 9.17) is 28.9 Å². The van der Waals surface area contributed by atoms with Gasteiger partial charge in [-0.05, 0) is 12.1 Å². The van der Waals surface area contributed by atoms with Gasteiger partial charge in [0.25, 0.3) is 0 Å². The average molecular weight is 340 g/mol. The van der Waals surface area contributed by atoms with Crippen LogP contribution in [0.4, 0.5) is 5.69 Å². The van der Waals surface area contributed by atoms with Gasteiger partial charge >= 0.3 is 0 Å². The Bertz CT molecular complexity index is 596. The maximum absolute atomic E-state index is 12.5. The molecular formula is C11H15Cl2N3O3S. The zero-order chi connectivity index (χ0) is 15.5. The fourth-order valence-electron chi connectivity index (χ4n) is 1.59. The lowest BCUT2D eigenvalue weighted by Gasteiger charge is -2.21. The van der Waals surface area contributed by atoms with Crippen molar-refractivity contribution in [3.05, 3.63) is 22.2 Å². The molecule has 0 aromatic heterocycles. The second-order valence-corrected chi connectivity index (χ2v) is 6.63. The Hall–Kier alpha value is -1.02. The van der Waals surface area contributed by atoms with Crippen molar-refractivity contribution in [3.63, 3.8) is 0 Å². The van der Waals surface area contributed by atoms with Crippen LogP contribution in [0.1, 0.15) is 6.92 Å². The maximum Gasteiger partial charge on any atom is 0.247 e. The molecule has 0 bridgehead atoms. The molecule has 9 heteroatoms. The predicted molar refractivity (Wildman–Crippen MR) is 79.4 cm³/mol. The third kappa shape index (κ3) is 3.54. The predicted octanol–water partition coefficient (Wildman–Crippen LogP) is 1.33. The van der Waals surface area contributed by atoms with Crippen molar-refractivity contribution in [2.24, 2.45) is 0 Å². The normalized spacial score (nSPS) is 11.7. The highest BCUT2D eigenvalue weighted by Crippen LogP contribution is 2.33. The molecule has 112 valence electrons. The molecule has 0 saturated heterocycles. The first-order chi connectivity index (χ1) is 9.23. The highest BCUT2D eigenvalue weighted by Gasteiger charge is 2.29. The molecule has 0 spiro atoms. The minimum atomic E-state index is -3.98. The third-order valence-electron chi connectivity index (χ3n) is 2.59. The zero-order valence-electron chi connectivity index (χ0n) is 11.0. The highest BCUT2D eigenvalue weighted by atomic mass is 35.5. The van der Waals surface area contributed by atoms with Gasteiger partial charge in [-0.25, -0.2) is 8.42 Å². The van der Waals surface area contributed by atoms with Gasteiger partial charge < -0.3 is 11.1 Å². The standard InChI is InChI=1S/C11H15Cl2N3O3S/c1-3-16(6-10(17)15-2)20(18,19)11-8(13)4-7(12)5-9(11)14/h4-5H,3,6,14H2,1-2H3,(H,15,17). The van der Waals surface area contributed by atoms with Crippen LogP contribution in [0.3, 0.4) is 0 Å². The number of hydrogen-bond acceptors (Lipinski definition) is 4. The van der Waals surface area contributed by atoms with Crippen LogP contribution in [-0.2, 0) is 14.8 Å². The number of likely N-dealkylation sites (N-methyl/N-ethyl adjacent to an activating group) is 2. The molecule has 0 atom stereocenters. The monoisotopic (exact) mass is 339 g/mol. The molecule has 1 aromatic carbocycles. The summed E-state index contributed by atoms with van der Waals surface area (Å²) in [4.78, 5) is 11.1. The van der Waals surface area contributed by atoms with Crippen molar-refractivity contribution < 1.29 is 13.2 Å². The van der Waals surface area contributed by atoms with E-state index in [-0.39, 0.29) is 33.7 Å². The van der Waals surface area contributed by atoms with Crippen LogP contribution >= 0.6 is 23.2 Å². The van der Waals surface area contributed by atoms with E-state index in [9.17, 15) is 13.2 Å². The second kappa shape index (κ2) is 6.62. The van der Waals surface area contributed by atoms with Gasteiger partial charge in [-0.1, -0.05) is 30.1 Å². The Kier molecular flexibility index (Phi) is 5.64. The fourth-order valence-corrected chi connectivity index (χ4v) is 3.94. The van der Waals surface area contributed by atoms with Crippen LogP contribution in [0.2, 0.25) is 10.0 Å². The van der Waals surface area contributed by atoms with E-state index in [1.807, 2.05) is 0 Å². The van der Waals surface area contributed by atoms with Crippen LogP contribution < -0.4 is 11.1 Å². The molecule has 20 heavy (non-hydrogen) atoms. The summed E-state index contributed by atoms with van der Waals surface area (Å²) in [5, 5.41) is 2.52. The summed E-state index contributed by atoms with van der Waals surface area (Å²) in [5.41, 5.74) is 5.63. The number of amides is 1. The molecule has 0 heterocycles. The molecule has 0 fully saturated rings. The summed E-state index contributed by atoms with van der Waals surface area (Å²) in [5.74, 6) is -0.431. The van der Waals surface area contributed by atoms with Gasteiger partial charge in [0.1, 0.15) is 4.90 Å². The Morgan fingerprint density at radius 3 is 2.45 bits per heavy atom. The van der Waals surface area contributed by atoms with Crippen molar-refractivity contribution in [2.45, 2.75) is 11.8 Å². The number of hydrogen-bond donors (Lipinski definition) is 2. The Balaban J connectivity index is 3.31. The van der Waals surface area contributed by atoms with Crippen molar-refractivity contribution in [2.75, 3.05) is 25.9 Å². The zero-order valence-corrected chi connectivity index (χ0v) is 13.3. The Morgan fingerprint density at radius 2 is 2.00 bits per heavy atom. The van der Waals surface area contributed by atoms with Crippen molar-refractivity contribution >= 4 is 44.8 Å². The topological polar surface area (TPSA) is 92.5 Å². The lowest BCUT2D eigenvalue weighted by Crippen LogP contribution is -2.39. The molecular weight excluding hydrogens is 325 g/mol. The summed E-state index contributed by atoms with van der Waals surface area (Å²) < 4.78 is 26.0. The van der Waals surface area contributed by atoms with E-state index in [2.05, 4.69) is 5.32 Å². The van der Waals surface area contributed by atoms with Crippen molar-refractivity contribution in [1.82, 2.24) is 9.62 Å². The molecule has 0 radical (unpaired) electrons. The minimum Gasteiger partial charge on any atom is -0.398 e. The molecule has 1 amide bonds. The molecule has 0 unspecified atom stereocenters. The number of halogens is 2. The van der Waals surface area contributed by atoms with E-state index >= 15 is 0 Å². The van der Waals surface area contributed by atoms with Crippen LogP contribution in [0.15, 0.2) is 17.0 Å². The number of nitrogen functional groups attached to an aromatic ring is 1. The Morgan fingerprint density at radius 1 is 1.40 bits per heavy atom. The van der Waals surface area contributed by atoms with Crippen LogP contribution in [0.25, 0.3) is 0 Å². The van der Waals surface area contributed by atoms with Gasteiger partial charge in [-0.15, -0.1) is 0 Å². The fraction of sp³-hybridized carbons (Fsp3) is 0.364. The van der Waals surface area contributed by atoms with Crippen molar-refractivity contribution in [1.29, 1.82) is 0 Å². The summed E-state index contributed by atoms with van der Waals surface area (Å²) in [6.45, 7) is 1.41. The highest BCUT2D eigenvalue weighted by molar-refractivity contribution is 7.89. The maximum atomic E-state index is 12.5. The number of carbonyl (C=O) groups excluding carboxylic acids is 1. The molecule has 6 nitrogen and oxygen atoms in total. The number of anilines is 1. The van der Waals surface area contributed by atoms with E-state index in [0.717, 1.165) is 4.31 Å². The second-order valence-electron chi connectivity index (χ2n) is 3.91. The van der Waals surface area contributed by atoms with Gasteiger partial charge in [0.2, 0.25) is 15.9 Å². The summed E-state index contributed by atoms with van der Waals surface area (Å²) in [6, 6.07) is 2.59. The van der Waals surface area contributed by atoms with E-state index in [1.165, 1.54) is 19.2 Å². The quantitative estimate of drug-likeness (QED) is 0.791. The lowest BCUT2D eigenvalue weighted by molar-refractivity contribution is -0.120. The number of nitrogens with one attached hydrogen (secondary N) is 1. The van der Waals surface area contributed by atoms with Crippen LogP contribution in [-0.4, -0.2) is 38.8 Å².